The van der Waals surface area contributed by atoms with Gasteiger partial charge in [-0.2, -0.15) is 0 Å². The van der Waals surface area contributed by atoms with Crippen LogP contribution in [0.25, 0.3) is 17.1 Å². The molecule has 0 fully saturated rings. The van der Waals surface area contributed by atoms with Gasteiger partial charge in [-0.1, -0.05) is 45.7 Å². The van der Waals surface area contributed by atoms with Gasteiger partial charge in [-0.3, -0.25) is 4.79 Å². The molecule has 0 atom stereocenters. The number of anilines is 1. The molecule has 8 heteroatoms. The van der Waals surface area contributed by atoms with Crippen LogP contribution in [0.4, 0.5) is 5.69 Å². The quantitative estimate of drug-likeness (QED) is 0.355. The van der Waals surface area contributed by atoms with Crippen LogP contribution in [0.2, 0.25) is 5.02 Å². The summed E-state index contributed by atoms with van der Waals surface area (Å²) in [5, 5.41) is 7.87. The molecule has 1 amide bonds. The first kappa shape index (κ1) is 21.1. The molecule has 0 aliphatic rings. The van der Waals surface area contributed by atoms with Gasteiger partial charge in [-0.25, -0.2) is 9.67 Å². The van der Waals surface area contributed by atoms with E-state index in [1.165, 1.54) is 0 Å². The first-order valence-electron chi connectivity index (χ1n) is 9.56. The van der Waals surface area contributed by atoms with Gasteiger partial charge in [0.05, 0.1) is 12.3 Å². The van der Waals surface area contributed by atoms with Gasteiger partial charge in [0.15, 0.2) is 5.82 Å². The van der Waals surface area contributed by atoms with Gasteiger partial charge in [0.25, 0.3) is 5.91 Å². The maximum Gasteiger partial charge on any atom is 0.295 e. The minimum atomic E-state index is -0.411. The summed E-state index contributed by atoms with van der Waals surface area (Å²) in [7, 11) is 0. The van der Waals surface area contributed by atoms with E-state index in [9.17, 15) is 4.79 Å². The number of hydrogen-bond donors (Lipinski definition) is 1. The summed E-state index contributed by atoms with van der Waals surface area (Å²) in [6.07, 6.45) is 0. The lowest BCUT2D eigenvalue weighted by Gasteiger charge is -2.08. The minimum Gasteiger partial charge on any atom is -0.494 e. The Labute approximate surface area is 193 Å². The van der Waals surface area contributed by atoms with Crippen LogP contribution in [0.3, 0.4) is 0 Å². The number of hydrogen-bond acceptors (Lipinski definition) is 4. The Kier molecular flexibility index (Phi) is 6.34. The maximum atomic E-state index is 12.8. The highest BCUT2D eigenvalue weighted by Gasteiger charge is 2.19. The molecule has 6 nitrogen and oxygen atoms in total. The molecule has 0 saturated carbocycles. The van der Waals surface area contributed by atoms with Crippen LogP contribution in [0.1, 0.15) is 17.5 Å². The zero-order chi connectivity index (χ0) is 21.8. The van der Waals surface area contributed by atoms with Crippen molar-refractivity contribution in [3.8, 4) is 22.8 Å². The summed E-state index contributed by atoms with van der Waals surface area (Å²) in [5.74, 6) is 0.893. The summed E-state index contributed by atoms with van der Waals surface area (Å²) >= 11 is 9.58. The van der Waals surface area contributed by atoms with Gasteiger partial charge < -0.3 is 10.1 Å². The fourth-order valence-corrected chi connectivity index (χ4v) is 3.60. The molecule has 156 valence electrons. The van der Waals surface area contributed by atoms with Crippen molar-refractivity contribution in [2.45, 2.75) is 6.92 Å². The number of benzene rings is 3. The van der Waals surface area contributed by atoms with Gasteiger partial charge in [0.1, 0.15) is 5.75 Å². The van der Waals surface area contributed by atoms with Crippen molar-refractivity contribution in [2.75, 3.05) is 11.9 Å². The topological polar surface area (TPSA) is 69.0 Å². The number of ether oxygens (including phenoxy) is 1. The Morgan fingerprint density at radius 2 is 1.87 bits per heavy atom. The smallest absolute Gasteiger partial charge is 0.295 e. The van der Waals surface area contributed by atoms with Crippen molar-refractivity contribution >= 4 is 39.1 Å². The molecular weight excluding hydrogens is 480 g/mol. The lowest BCUT2D eigenvalue weighted by atomic mass is 10.2. The monoisotopic (exact) mass is 496 g/mol. The van der Waals surface area contributed by atoms with Gasteiger partial charge in [-0.05, 0) is 61.5 Å². The van der Waals surface area contributed by atoms with Crippen LogP contribution < -0.4 is 10.1 Å². The second kappa shape index (κ2) is 9.32. The third kappa shape index (κ3) is 4.95. The van der Waals surface area contributed by atoms with Crippen molar-refractivity contribution in [3.63, 3.8) is 0 Å². The third-order valence-electron chi connectivity index (χ3n) is 4.37. The summed E-state index contributed by atoms with van der Waals surface area (Å²) < 4.78 is 8.00. The van der Waals surface area contributed by atoms with Gasteiger partial charge in [0, 0.05) is 20.7 Å². The molecule has 0 bridgehead atoms. The van der Waals surface area contributed by atoms with Crippen LogP contribution in [0, 0.1) is 0 Å². The number of halogens is 2. The third-order valence-corrected chi connectivity index (χ3v) is 5.10. The second-order valence-corrected chi connectivity index (χ2v) is 7.92. The fraction of sp³-hybridized carbons (Fsp3) is 0.0870. The van der Waals surface area contributed by atoms with E-state index in [-0.39, 0.29) is 5.82 Å². The van der Waals surface area contributed by atoms with Crippen molar-refractivity contribution in [1.82, 2.24) is 14.8 Å². The van der Waals surface area contributed by atoms with Gasteiger partial charge in [0.2, 0.25) is 5.82 Å². The Morgan fingerprint density at radius 1 is 1.10 bits per heavy atom. The lowest BCUT2D eigenvalue weighted by Crippen LogP contribution is -2.14. The number of aromatic nitrogens is 3. The molecule has 0 aliphatic carbocycles. The van der Waals surface area contributed by atoms with Gasteiger partial charge >= 0.3 is 0 Å². The largest absolute Gasteiger partial charge is 0.494 e. The van der Waals surface area contributed by atoms with Crippen molar-refractivity contribution in [3.05, 3.63) is 88.1 Å². The highest BCUT2D eigenvalue weighted by atomic mass is 79.9. The fourth-order valence-electron chi connectivity index (χ4n) is 3.01. The van der Waals surface area contributed by atoms with Crippen LogP contribution in [0.15, 0.2) is 77.3 Å². The molecule has 31 heavy (non-hydrogen) atoms. The van der Waals surface area contributed by atoms with E-state index >= 15 is 0 Å². The van der Waals surface area contributed by atoms with Crippen LogP contribution in [-0.4, -0.2) is 27.3 Å². The molecular formula is C23H18BrClN4O2. The number of carbonyl (C=O) groups is 1. The zero-order valence-electron chi connectivity index (χ0n) is 16.5. The Balaban J connectivity index is 1.73. The van der Waals surface area contributed by atoms with Crippen LogP contribution in [-0.2, 0) is 0 Å². The highest BCUT2D eigenvalue weighted by Crippen LogP contribution is 2.25. The second-order valence-electron chi connectivity index (χ2n) is 6.57. The molecule has 3 aromatic carbocycles. The Hall–Kier alpha value is -3.16. The normalized spacial score (nSPS) is 10.7. The van der Waals surface area contributed by atoms with Crippen molar-refractivity contribution < 1.29 is 9.53 Å². The molecule has 0 aliphatic heterocycles. The van der Waals surface area contributed by atoms with Crippen molar-refractivity contribution in [1.29, 1.82) is 0 Å². The summed E-state index contributed by atoms with van der Waals surface area (Å²) in [6, 6.07) is 22.0. The predicted molar refractivity (Wildman–Crippen MR) is 125 cm³/mol. The van der Waals surface area contributed by atoms with E-state index < -0.39 is 5.91 Å². The predicted octanol–water partition coefficient (Wildman–Crippen LogP) is 6.00. The molecule has 0 saturated heterocycles. The molecule has 0 spiro atoms. The van der Waals surface area contributed by atoms with E-state index in [0.29, 0.717) is 23.1 Å². The lowest BCUT2D eigenvalue weighted by molar-refractivity contribution is 0.101. The molecule has 1 N–H and O–H groups in total. The molecule has 1 heterocycles. The van der Waals surface area contributed by atoms with E-state index in [1.54, 1.807) is 28.9 Å². The first-order valence-corrected chi connectivity index (χ1v) is 10.7. The van der Waals surface area contributed by atoms with Crippen LogP contribution >= 0.6 is 27.5 Å². The van der Waals surface area contributed by atoms with E-state index in [0.717, 1.165) is 21.5 Å². The number of carbonyl (C=O) groups excluding carboxylic acids is 1. The number of amides is 1. The summed E-state index contributed by atoms with van der Waals surface area (Å²) in [4.78, 5) is 17.4. The maximum absolute atomic E-state index is 12.8. The van der Waals surface area contributed by atoms with Crippen molar-refractivity contribution in [2.24, 2.45) is 0 Å². The summed E-state index contributed by atoms with van der Waals surface area (Å²) in [6.45, 7) is 2.51. The number of rotatable bonds is 6. The Morgan fingerprint density at radius 3 is 2.58 bits per heavy atom. The van der Waals surface area contributed by atoms with E-state index in [4.69, 9.17) is 16.3 Å². The molecule has 4 rings (SSSR count). The minimum absolute atomic E-state index is 0.0452. The Bertz CT molecular complexity index is 1220. The average molecular weight is 498 g/mol. The summed E-state index contributed by atoms with van der Waals surface area (Å²) in [5.41, 5.74) is 2.13. The van der Waals surface area contributed by atoms with Crippen LogP contribution in [0.5, 0.6) is 5.75 Å². The van der Waals surface area contributed by atoms with E-state index in [1.807, 2.05) is 55.5 Å². The van der Waals surface area contributed by atoms with Gasteiger partial charge in [-0.15, -0.1) is 5.10 Å². The molecule has 0 radical (unpaired) electrons. The SMILES string of the molecule is CCOc1ccc(-n2nc(C(=O)Nc3cccc(Br)c3)nc2-c2cccc(Cl)c2)cc1. The zero-order valence-corrected chi connectivity index (χ0v) is 18.9. The molecule has 0 unspecified atom stereocenters. The number of nitrogens with zero attached hydrogens (tertiary/aromatic N) is 3. The molecule has 1 aromatic heterocycles. The van der Waals surface area contributed by atoms with E-state index in [2.05, 4.69) is 31.3 Å². The first-order chi connectivity index (χ1) is 15.0. The molecule has 4 aromatic rings. The standard InChI is InChI=1S/C23H18BrClN4O2/c1-2-31-20-11-9-19(10-12-20)29-22(15-5-3-7-17(25)13-15)27-21(28-29)23(30)26-18-8-4-6-16(24)14-18/h3-14H,2H2,1H3,(H,26,30). The average Bonchev–Trinajstić information content (AvgIpc) is 3.20. The highest BCUT2D eigenvalue weighted by molar-refractivity contribution is 9.10. The number of nitrogens with one attached hydrogen (secondary N) is 1.